The number of carbonyl (C=O) groups excluding carboxylic acids is 1. The monoisotopic (exact) mass is 297 g/mol. The Morgan fingerprint density at radius 3 is 2.82 bits per heavy atom. The number of pyridine rings is 1. The fraction of sp³-hybridized carbons (Fsp3) is 0.267. The number of aromatic nitrogens is 5. The maximum Gasteiger partial charge on any atom is 0.357 e. The fourth-order valence-corrected chi connectivity index (χ4v) is 2.01. The van der Waals surface area contributed by atoms with Crippen LogP contribution >= 0.6 is 0 Å². The summed E-state index contributed by atoms with van der Waals surface area (Å²) in [4.78, 5) is 24.6. The lowest BCUT2D eigenvalue weighted by Gasteiger charge is -2.07. The van der Waals surface area contributed by atoms with Crippen molar-refractivity contribution >= 4 is 11.7 Å². The van der Waals surface area contributed by atoms with Gasteiger partial charge < -0.3 is 4.74 Å². The summed E-state index contributed by atoms with van der Waals surface area (Å²) in [6, 6.07) is 5.32. The van der Waals surface area contributed by atoms with Gasteiger partial charge in [0, 0.05) is 23.7 Å². The molecule has 0 bridgehead atoms. The van der Waals surface area contributed by atoms with E-state index >= 15 is 0 Å². The maximum atomic E-state index is 12.0. The van der Waals surface area contributed by atoms with Crippen molar-refractivity contribution < 1.29 is 9.53 Å². The molecule has 0 atom stereocenters. The number of fused-ring (bicyclic) bond motifs is 1. The number of ether oxygens (including phenoxy) is 1. The molecule has 3 aromatic heterocycles. The number of hydrogen-bond donors (Lipinski definition) is 0. The number of aryl methyl sites for hydroxylation is 1. The Bertz CT molecular complexity index is 827. The first-order valence-electron chi connectivity index (χ1n) is 6.90. The first-order chi connectivity index (χ1) is 10.5. The lowest BCUT2D eigenvalue weighted by atomic mass is 10.3. The van der Waals surface area contributed by atoms with E-state index in [-0.39, 0.29) is 11.8 Å². The molecule has 0 fully saturated rings. The summed E-state index contributed by atoms with van der Waals surface area (Å²) in [5.74, 6) is 0.402. The number of carbonyl (C=O) groups is 1. The smallest absolute Gasteiger partial charge is 0.357 e. The molecule has 7 nitrogen and oxygen atoms in total. The van der Waals surface area contributed by atoms with E-state index in [2.05, 4.69) is 20.1 Å². The van der Waals surface area contributed by atoms with Crippen LogP contribution in [0.1, 0.15) is 30.0 Å². The molecule has 0 amide bonds. The minimum absolute atomic E-state index is 0.199. The SMILES string of the molecule is Cc1cc(C(=O)OC(C)C)nc2nc(-c3cccnc3)nn12. The highest BCUT2D eigenvalue weighted by atomic mass is 16.5. The number of hydrogen-bond acceptors (Lipinski definition) is 6. The molecular weight excluding hydrogens is 282 g/mol. The van der Waals surface area contributed by atoms with E-state index in [0.717, 1.165) is 11.3 Å². The number of rotatable bonds is 3. The predicted molar refractivity (Wildman–Crippen MR) is 79.3 cm³/mol. The summed E-state index contributed by atoms with van der Waals surface area (Å²) >= 11 is 0. The topological polar surface area (TPSA) is 82.3 Å². The maximum absolute atomic E-state index is 12.0. The van der Waals surface area contributed by atoms with E-state index in [9.17, 15) is 4.79 Å². The van der Waals surface area contributed by atoms with E-state index < -0.39 is 5.97 Å². The van der Waals surface area contributed by atoms with E-state index in [4.69, 9.17) is 4.74 Å². The fourth-order valence-electron chi connectivity index (χ4n) is 2.01. The van der Waals surface area contributed by atoms with Crippen LogP contribution < -0.4 is 0 Å². The molecule has 7 heteroatoms. The quantitative estimate of drug-likeness (QED) is 0.688. The van der Waals surface area contributed by atoms with Crippen LogP contribution in [-0.4, -0.2) is 36.6 Å². The van der Waals surface area contributed by atoms with Crippen molar-refractivity contribution in [3.63, 3.8) is 0 Å². The van der Waals surface area contributed by atoms with Gasteiger partial charge in [-0.05, 0) is 39.0 Å². The van der Waals surface area contributed by atoms with Crippen LogP contribution in [0, 0.1) is 6.92 Å². The molecule has 0 radical (unpaired) electrons. The molecule has 3 aromatic rings. The summed E-state index contributed by atoms with van der Waals surface area (Å²) in [6.07, 6.45) is 3.16. The van der Waals surface area contributed by atoms with Crippen molar-refractivity contribution in [3.05, 3.63) is 42.0 Å². The molecule has 0 unspecified atom stereocenters. The van der Waals surface area contributed by atoms with Gasteiger partial charge in [-0.3, -0.25) is 4.98 Å². The summed E-state index contributed by atoms with van der Waals surface area (Å²) in [6.45, 7) is 5.42. The van der Waals surface area contributed by atoms with Crippen LogP contribution in [-0.2, 0) is 4.74 Å². The molecule has 0 aromatic carbocycles. The van der Waals surface area contributed by atoms with Gasteiger partial charge in [-0.25, -0.2) is 14.3 Å². The van der Waals surface area contributed by atoms with Crippen LogP contribution in [0.2, 0.25) is 0 Å². The zero-order valence-electron chi connectivity index (χ0n) is 12.5. The van der Waals surface area contributed by atoms with E-state index in [0.29, 0.717) is 11.6 Å². The third-order valence-corrected chi connectivity index (χ3v) is 2.96. The molecule has 0 aliphatic rings. The van der Waals surface area contributed by atoms with Crippen LogP contribution in [0.25, 0.3) is 17.2 Å². The van der Waals surface area contributed by atoms with Gasteiger partial charge in [-0.2, -0.15) is 4.98 Å². The third-order valence-electron chi connectivity index (χ3n) is 2.96. The van der Waals surface area contributed by atoms with Gasteiger partial charge in [-0.1, -0.05) is 0 Å². The molecule has 0 N–H and O–H groups in total. The Labute approximate surface area is 127 Å². The van der Waals surface area contributed by atoms with E-state index in [1.54, 1.807) is 36.8 Å². The third kappa shape index (κ3) is 2.65. The average Bonchev–Trinajstić information content (AvgIpc) is 2.92. The lowest BCUT2D eigenvalue weighted by Crippen LogP contribution is -2.14. The minimum atomic E-state index is -0.466. The summed E-state index contributed by atoms with van der Waals surface area (Å²) in [5.41, 5.74) is 1.77. The largest absolute Gasteiger partial charge is 0.458 e. The normalized spacial score (nSPS) is 11.1. The van der Waals surface area contributed by atoms with E-state index in [1.807, 2.05) is 19.1 Å². The Morgan fingerprint density at radius 2 is 2.14 bits per heavy atom. The summed E-state index contributed by atoms with van der Waals surface area (Å²) in [7, 11) is 0. The van der Waals surface area contributed by atoms with Crippen molar-refractivity contribution in [1.82, 2.24) is 24.6 Å². The molecule has 0 spiro atoms. The van der Waals surface area contributed by atoms with Crippen molar-refractivity contribution in [1.29, 1.82) is 0 Å². The molecule has 3 heterocycles. The second-order valence-electron chi connectivity index (χ2n) is 5.13. The van der Waals surface area contributed by atoms with Gasteiger partial charge in [0.15, 0.2) is 11.5 Å². The molecule has 0 saturated heterocycles. The van der Waals surface area contributed by atoms with Crippen molar-refractivity contribution in [3.8, 4) is 11.4 Å². The first-order valence-corrected chi connectivity index (χ1v) is 6.90. The highest BCUT2D eigenvalue weighted by molar-refractivity contribution is 5.88. The molecule has 0 saturated carbocycles. The van der Waals surface area contributed by atoms with Crippen LogP contribution in [0.5, 0.6) is 0 Å². The molecule has 0 aliphatic heterocycles. The second-order valence-corrected chi connectivity index (χ2v) is 5.13. The zero-order valence-corrected chi connectivity index (χ0v) is 12.5. The Kier molecular flexibility index (Phi) is 3.54. The average molecular weight is 297 g/mol. The van der Waals surface area contributed by atoms with E-state index in [1.165, 1.54) is 0 Å². The molecule has 3 rings (SSSR count). The highest BCUT2D eigenvalue weighted by Gasteiger charge is 2.16. The van der Waals surface area contributed by atoms with Crippen molar-refractivity contribution in [2.24, 2.45) is 0 Å². The number of esters is 1. The lowest BCUT2D eigenvalue weighted by molar-refractivity contribution is 0.0371. The Hall–Kier alpha value is -2.83. The van der Waals surface area contributed by atoms with Crippen LogP contribution in [0.15, 0.2) is 30.6 Å². The first kappa shape index (κ1) is 14.1. The number of nitrogens with zero attached hydrogens (tertiary/aromatic N) is 5. The Morgan fingerprint density at radius 1 is 1.32 bits per heavy atom. The molecule has 112 valence electrons. The highest BCUT2D eigenvalue weighted by Crippen LogP contribution is 2.15. The predicted octanol–water partition coefficient (Wildman–Crippen LogP) is 2.06. The van der Waals surface area contributed by atoms with Gasteiger partial charge in [0.05, 0.1) is 6.10 Å². The van der Waals surface area contributed by atoms with Crippen molar-refractivity contribution in [2.45, 2.75) is 26.9 Å². The second kappa shape index (κ2) is 5.51. The molecule has 0 aliphatic carbocycles. The van der Waals surface area contributed by atoms with Gasteiger partial charge >= 0.3 is 5.97 Å². The zero-order chi connectivity index (χ0) is 15.7. The molecular formula is C15H15N5O2. The summed E-state index contributed by atoms with van der Waals surface area (Å²) in [5, 5.41) is 4.39. The van der Waals surface area contributed by atoms with Gasteiger partial charge in [0.1, 0.15) is 0 Å². The summed E-state index contributed by atoms with van der Waals surface area (Å²) < 4.78 is 6.75. The van der Waals surface area contributed by atoms with Gasteiger partial charge in [-0.15, -0.1) is 5.10 Å². The van der Waals surface area contributed by atoms with Gasteiger partial charge in [0.2, 0.25) is 0 Å². The standard InChI is InChI=1S/C15H15N5O2/c1-9(2)22-14(21)12-7-10(3)20-15(17-12)18-13(19-20)11-5-4-6-16-8-11/h4-9H,1-3H3. The van der Waals surface area contributed by atoms with Crippen molar-refractivity contribution in [2.75, 3.05) is 0 Å². The van der Waals surface area contributed by atoms with Gasteiger partial charge in [0.25, 0.3) is 5.78 Å². The Balaban J connectivity index is 2.05. The molecule has 22 heavy (non-hydrogen) atoms. The minimum Gasteiger partial charge on any atom is -0.458 e. The van der Waals surface area contributed by atoms with Crippen LogP contribution in [0.4, 0.5) is 0 Å². The van der Waals surface area contributed by atoms with Crippen LogP contribution in [0.3, 0.4) is 0 Å².